The third-order valence-corrected chi connectivity index (χ3v) is 5.61. The largest absolute Gasteiger partial charge is 0.0622 e. The first-order valence-electron chi connectivity index (χ1n) is 6.79. The highest BCUT2D eigenvalue weighted by atomic mass is 14.7. The van der Waals surface area contributed by atoms with Crippen molar-refractivity contribution in [2.75, 3.05) is 0 Å². The molecule has 5 unspecified atom stereocenters. The molecule has 2 aliphatic rings. The Morgan fingerprint density at radius 1 is 1.07 bits per heavy atom. The first-order valence-corrected chi connectivity index (χ1v) is 6.79. The van der Waals surface area contributed by atoms with Gasteiger partial charge in [0.2, 0.25) is 0 Å². The van der Waals surface area contributed by atoms with E-state index in [0.717, 1.165) is 29.1 Å². The molecule has 0 aliphatic heterocycles. The van der Waals surface area contributed by atoms with Crippen molar-refractivity contribution in [3.05, 3.63) is 0 Å². The maximum atomic E-state index is 2.50. The molecule has 2 aliphatic carbocycles. The van der Waals surface area contributed by atoms with Crippen molar-refractivity contribution in [2.24, 2.45) is 34.5 Å². The molecule has 0 N–H and O–H groups in total. The second-order valence-electron chi connectivity index (χ2n) is 7.58. The highest BCUT2D eigenvalue weighted by Gasteiger charge is 2.69. The lowest BCUT2D eigenvalue weighted by Gasteiger charge is -2.44. The van der Waals surface area contributed by atoms with Crippen molar-refractivity contribution in [2.45, 2.75) is 60.8 Å². The SMILES string of the molecule is CC1CC2(C1C)C(C)C2CCC(C)(C)C. The first-order chi connectivity index (χ1) is 6.79. The molecule has 0 heterocycles. The van der Waals surface area contributed by atoms with Gasteiger partial charge in [-0.3, -0.25) is 0 Å². The summed E-state index contributed by atoms with van der Waals surface area (Å²) in [6, 6.07) is 0. The fraction of sp³-hybridized carbons (Fsp3) is 1.00. The zero-order valence-electron chi connectivity index (χ0n) is 11.4. The molecule has 2 fully saturated rings. The number of hydrogen-bond donors (Lipinski definition) is 0. The zero-order valence-corrected chi connectivity index (χ0v) is 11.4. The van der Waals surface area contributed by atoms with E-state index in [2.05, 4.69) is 41.5 Å². The van der Waals surface area contributed by atoms with E-state index < -0.39 is 0 Å². The Morgan fingerprint density at radius 3 is 2.07 bits per heavy atom. The van der Waals surface area contributed by atoms with Crippen molar-refractivity contribution in [1.29, 1.82) is 0 Å². The second kappa shape index (κ2) is 3.25. The summed E-state index contributed by atoms with van der Waals surface area (Å²) in [5.41, 5.74) is 1.33. The van der Waals surface area contributed by atoms with E-state index in [4.69, 9.17) is 0 Å². The molecule has 0 radical (unpaired) electrons. The van der Waals surface area contributed by atoms with Gasteiger partial charge < -0.3 is 0 Å². The molecule has 0 nitrogen and oxygen atoms in total. The minimum Gasteiger partial charge on any atom is -0.0622 e. The quantitative estimate of drug-likeness (QED) is 0.615. The Hall–Kier alpha value is 0. The minimum absolute atomic E-state index is 0.530. The number of rotatable bonds is 2. The van der Waals surface area contributed by atoms with Crippen molar-refractivity contribution in [1.82, 2.24) is 0 Å². The summed E-state index contributed by atoms with van der Waals surface area (Å²) < 4.78 is 0. The maximum absolute atomic E-state index is 2.50. The molecular weight excluding hydrogens is 180 g/mol. The van der Waals surface area contributed by atoms with Crippen LogP contribution in [0.3, 0.4) is 0 Å². The lowest BCUT2D eigenvalue weighted by Crippen LogP contribution is -2.37. The lowest BCUT2D eigenvalue weighted by molar-refractivity contribution is 0.0494. The highest BCUT2D eigenvalue weighted by molar-refractivity contribution is 5.17. The Labute approximate surface area is 95.8 Å². The monoisotopic (exact) mass is 208 g/mol. The average Bonchev–Trinajstić information content (AvgIpc) is 2.69. The van der Waals surface area contributed by atoms with E-state index in [1.54, 1.807) is 0 Å². The summed E-state index contributed by atoms with van der Waals surface area (Å²) in [6.45, 7) is 14.5. The molecule has 0 amide bonds. The third kappa shape index (κ3) is 1.65. The molecule has 1 spiro atoms. The summed E-state index contributed by atoms with van der Waals surface area (Å²) in [5.74, 6) is 4.07. The smallest absolute Gasteiger partial charge is 0.0207 e. The molecule has 15 heavy (non-hydrogen) atoms. The van der Waals surface area contributed by atoms with Crippen LogP contribution in [0.1, 0.15) is 60.8 Å². The van der Waals surface area contributed by atoms with Crippen LogP contribution in [0, 0.1) is 34.5 Å². The molecule has 0 saturated heterocycles. The van der Waals surface area contributed by atoms with E-state index in [9.17, 15) is 0 Å². The first kappa shape index (κ1) is 11.5. The summed E-state index contributed by atoms with van der Waals surface area (Å²) in [6.07, 6.45) is 4.40. The number of hydrogen-bond acceptors (Lipinski definition) is 0. The van der Waals surface area contributed by atoms with Crippen LogP contribution in [0.15, 0.2) is 0 Å². The van der Waals surface area contributed by atoms with E-state index >= 15 is 0 Å². The van der Waals surface area contributed by atoms with Crippen molar-refractivity contribution >= 4 is 0 Å². The lowest BCUT2D eigenvalue weighted by atomic mass is 9.61. The average molecular weight is 208 g/mol. The molecule has 88 valence electrons. The van der Waals surface area contributed by atoms with E-state index in [1.165, 1.54) is 19.3 Å². The van der Waals surface area contributed by atoms with Crippen LogP contribution in [0.4, 0.5) is 0 Å². The van der Waals surface area contributed by atoms with Gasteiger partial charge in [0.1, 0.15) is 0 Å². The molecule has 0 aromatic heterocycles. The molecule has 0 bridgehead atoms. The minimum atomic E-state index is 0.530. The molecular formula is C15H28. The van der Waals surface area contributed by atoms with Gasteiger partial charge >= 0.3 is 0 Å². The molecule has 2 saturated carbocycles. The van der Waals surface area contributed by atoms with Gasteiger partial charge in [0.25, 0.3) is 0 Å². The Kier molecular flexibility index (Phi) is 2.48. The van der Waals surface area contributed by atoms with E-state index in [-0.39, 0.29) is 0 Å². The normalized spacial score (nSPS) is 49.2. The summed E-state index contributed by atoms with van der Waals surface area (Å²) in [5, 5.41) is 0. The second-order valence-corrected chi connectivity index (χ2v) is 7.58. The predicted octanol–water partition coefficient (Wildman–Crippen LogP) is 4.74. The van der Waals surface area contributed by atoms with Crippen LogP contribution in [0.5, 0.6) is 0 Å². The van der Waals surface area contributed by atoms with Crippen molar-refractivity contribution in [3.63, 3.8) is 0 Å². The van der Waals surface area contributed by atoms with Gasteiger partial charge in [0, 0.05) is 0 Å². The highest BCUT2D eigenvalue weighted by Crippen LogP contribution is 2.75. The van der Waals surface area contributed by atoms with E-state index in [1.807, 2.05) is 0 Å². The fourth-order valence-corrected chi connectivity index (χ4v) is 4.24. The summed E-state index contributed by atoms with van der Waals surface area (Å²) >= 11 is 0. The van der Waals surface area contributed by atoms with Gasteiger partial charge in [-0.1, -0.05) is 41.5 Å². The van der Waals surface area contributed by atoms with Gasteiger partial charge in [-0.05, 0) is 53.8 Å². The Bertz CT molecular complexity index is 247. The van der Waals surface area contributed by atoms with Gasteiger partial charge in [-0.15, -0.1) is 0 Å². The maximum Gasteiger partial charge on any atom is -0.0207 e. The van der Waals surface area contributed by atoms with Crippen LogP contribution >= 0.6 is 0 Å². The fourth-order valence-electron chi connectivity index (χ4n) is 4.24. The van der Waals surface area contributed by atoms with Crippen LogP contribution in [-0.2, 0) is 0 Å². The molecule has 0 heteroatoms. The molecule has 0 aromatic rings. The van der Waals surface area contributed by atoms with E-state index in [0.29, 0.717) is 5.41 Å². The zero-order chi connectivity index (χ0) is 11.4. The van der Waals surface area contributed by atoms with Gasteiger partial charge in [0.15, 0.2) is 0 Å². The third-order valence-electron chi connectivity index (χ3n) is 5.61. The summed E-state index contributed by atoms with van der Waals surface area (Å²) in [4.78, 5) is 0. The van der Waals surface area contributed by atoms with Crippen molar-refractivity contribution < 1.29 is 0 Å². The van der Waals surface area contributed by atoms with Gasteiger partial charge in [-0.2, -0.15) is 0 Å². The van der Waals surface area contributed by atoms with Crippen LogP contribution in [0.25, 0.3) is 0 Å². The topological polar surface area (TPSA) is 0 Å². The molecule has 0 aromatic carbocycles. The van der Waals surface area contributed by atoms with Crippen LogP contribution in [0.2, 0.25) is 0 Å². The van der Waals surface area contributed by atoms with Gasteiger partial charge in [-0.25, -0.2) is 0 Å². The van der Waals surface area contributed by atoms with Crippen molar-refractivity contribution in [3.8, 4) is 0 Å². The Morgan fingerprint density at radius 2 is 1.67 bits per heavy atom. The van der Waals surface area contributed by atoms with Crippen LogP contribution in [-0.4, -0.2) is 0 Å². The molecule has 5 atom stereocenters. The molecule has 2 rings (SSSR count). The van der Waals surface area contributed by atoms with Crippen LogP contribution < -0.4 is 0 Å². The Balaban J connectivity index is 1.88. The summed E-state index contributed by atoms with van der Waals surface area (Å²) in [7, 11) is 0. The predicted molar refractivity (Wildman–Crippen MR) is 66.7 cm³/mol. The van der Waals surface area contributed by atoms with Gasteiger partial charge in [0.05, 0.1) is 0 Å². The standard InChI is InChI=1S/C15H28/c1-10-9-15(11(10)2)12(3)13(15)7-8-14(4,5)6/h10-13H,7-9H2,1-6H3.